The molecule has 6 nitrogen and oxygen atoms in total. The first-order valence-corrected chi connectivity index (χ1v) is 11.3. The number of benzene rings is 2. The highest BCUT2D eigenvalue weighted by atomic mass is 32.1. The Morgan fingerprint density at radius 2 is 1.74 bits per heavy atom. The number of carbonyl (C=O) groups is 1. The lowest BCUT2D eigenvalue weighted by Gasteiger charge is -2.16. The van der Waals surface area contributed by atoms with Gasteiger partial charge in [0.15, 0.2) is 11.6 Å². The molecule has 35 heavy (non-hydrogen) atoms. The second kappa shape index (κ2) is 10.2. The van der Waals surface area contributed by atoms with Crippen molar-refractivity contribution in [3.05, 3.63) is 88.1 Å². The van der Waals surface area contributed by atoms with Crippen LogP contribution in [-0.4, -0.2) is 30.3 Å². The summed E-state index contributed by atoms with van der Waals surface area (Å²) in [5.41, 5.74) is 1.74. The van der Waals surface area contributed by atoms with Crippen LogP contribution < -0.4 is 21.0 Å². The van der Waals surface area contributed by atoms with E-state index in [9.17, 15) is 9.59 Å². The predicted molar refractivity (Wildman–Crippen MR) is 136 cm³/mol. The quantitative estimate of drug-likeness (QED) is 0.452. The van der Waals surface area contributed by atoms with E-state index in [-0.39, 0.29) is 17.9 Å². The maximum absolute atomic E-state index is 15.0. The molecule has 9 heteroatoms. The van der Waals surface area contributed by atoms with E-state index in [4.69, 9.17) is 17.0 Å². The molecule has 1 heterocycles. The number of cyclic esters (lactones) is 1. The first kappa shape index (κ1) is 24.3. The third kappa shape index (κ3) is 5.63. The Morgan fingerprint density at radius 1 is 1.06 bits per heavy atom. The molecular weight excluding hydrogens is 472 g/mol. The zero-order valence-corrected chi connectivity index (χ0v) is 19.9. The summed E-state index contributed by atoms with van der Waals surface area (Å²) in [6.45, 7) is 4.07. The van der Waals surface area contributed by atoms with Gasteiger partial charge in [0.1, 0.15) is 11.8 Å². The van der Waals surface area contributed by atoms with Crippen LogP contribution in [0.2, 0.25) is 0 Å². The molecule has 1 atom stereocenters. The van der Waals surface area contributed by atoms with Crippen LogP contribution in [0.15, 0.2) is 65.5 Å². The number of amides is 1. The van der Waals surface area contributed by atoms with Crippen LogP contribution in [-0.2, 0) is 4.74 Å². The summed E-state index contributed by atoms with van der Waals surface area (Å²) < 4.78 is 35.3. The number of rotatable bonds is 6. The van der Waals surface area contributed by atoms with E-state index in [2.05, 4.69) is 10.6 Å². The molecule has 0 aliphatic carbocycles. The predicted octanol–water partition coefficient (Wildman–Crippen LogP) is 5.31. The molecule has 0 saturated carbocycles. The van der Waals surface area contributed by atoms with Crippen LogP contribution in [0.5, 0.6) is 0 Å². The minimum absolute atomic E-state index is 0.0124. The Hall–Kier alpha value is -3.85. The minimum atomic E-state index is -0.952. The number of halogens is 2. The van der Waals surface area contributed by atoms with Crippen LogP contribution in [0.3, 0.4) is 0 Å². The van der Waals surface area contributed by atoms with Gasteiger partial charge in [0.2, 0.25) is 5.43 Å². The largest absolute Gasteiger partial charge is 0.442 e. The fourth-order valence-electron chi connectivity index (χ4n) is 3.69. The van der Waals surface area contributed by atoms with E-state index >= 15 is 8.78 Å². The molecule has 1 amide bonds. The maximum Gasteiger partial charge on any atom is 0.414 e. The normalized spacial score (nSPS) is 15.0. The molecular formula is C26H23F2N3O3S. The van der Waals surface area contributed by atoms with Crippen molar-refractivity contribution in [2.24, 2.45) is 0 Å². The third-order valence-corrected chi connectivity index (χ3v) is 5.67. The molecule has 2 N–H and O–H groups in total. The van der Waals surface area contributed by atoms with Crippen molar-refractivity contribution >= 4 is 40.4 Å². The van der Waals surface area contributed by atoms with Gasteiger partial charge in [-0.25, -0.2) is 13.6 Å². The second-order valence-corrected chi connectivity index (χ2v) is 8.84. The lowest BCUT2D eigenvalue weighted by molar-refractivity contribution is 0.143. The molecule has 4 rings (SSSR count). The number of carbonyl (C=O) groups excluding carboxylic acids is 1. The molecule has 180 valence electrons. The molecule has 1 aliphatic heterocycles. The van der Waals surface area contributed by atoms with E-state index in [1.165, 1.54) is 6.07 Å². The average Bonchev–Trinajstić information content (AvgIpc) is 3.08. The summed E-state index contributed by atoms with van der Waals surface area (Å²) in [7, 11) is 0. The summed E-state index contributed by atoms with van der Waals surface area (Å²) in [6.07, 6.45) is -1.23. The molecule has 0 spiro atoms. The molecule has 3 aromatic carbocycles. The SMILES string of the molecule is CC(=S)NC[C@H]1CN(c2cc(F)c(Nc3cc(-c4ccc(C)cc4)cccc3=O)c(F)c2)C(=O)O1. The molecule has 3 aromatic rings. The molecule has 0 bridgehead atoms. The van der Waals surface area contributed by atoms with E-state index < -0.39 is 34.9 Å². The van der Waals surface area contributed by atoms with Gasteiger partial charge in [-0.05, 0) is 37.1 Å². The van der Waals surface area contributed by atoms with Gasteiger partial charge in [0.25, 0.3) is 0 Å². The van der Waals surface area contributed by atoms with Gasteiger partial charge in [-0.1, -0.05) is 54.2 Å². The molecule has 0 unspecified atom stereocenters. The minimum Gasteiger partial charge on any atom is -0.442 e. The van der Waals surface area contributed by atoms with E-state index in [0.29, 0.717) is 17.1 Å². The fraction of sp³-hybridized carbons (Fsp3) is 0.192. The van der Waals surface area contributed by atoms with Gasteiger partial charge in [0, 0.05) is 12.1 Å². The highest BCUT2D eigenvalue weighted by Gasteiger charge is 2.33. The van der Waals surface area contributed by atoms with E-state index in [1.807, 2.05) is 31.2 Å². The lowest BCUT2D eigenvalue weighted by atomic mass is 10.1. The van der Waals surface area contributed by atoms with Gasteiger partial charge in [-0.3, -0.25) is 9.69 Å². The number of ether oxygens (including phenoxy) is 1. The summed E-state index contributed by atoms with van der Waals surface area (Å²) >= 11 is 4.95. The van der Waals surface area contributed by atoms with Crippen molar-refractivity contribution in [1.82, 2.24) is 5.32 Å². The molecule has 1 saturated heterocycles. The third-order valence-electron chi connectivity index (χ3n) is 5.52. The van der Waals surface area contributed by atoms with Gasteiger partial charge in [0.05, 0.1) is 29.5 Å². The number of aryl methyl sites for hydroxylation is 1. The van der Waals surface area contributed by atoms with Crippen molar-refractivity contribution in [1.29, 1.82) is 0 Å². The monoisotopic (exact) mass is 495 g/mol. The zero-order chi connectivity index (χ0) is 25.1. The highest BCUT2D eigenvalue weighted by molar-refractivity contribution is 7.80. The number of hydrogen-bond donors (Lipinski definition) is 2. The second-order valence-electron chi connectivity index (χ2n) is 8.23. The summed E-state index contributed by atoms with van der Waals surface area (Å²) in [6, 6.07) is 16.0. The van der Waals surface area contributed by atoms with Crippen LogP contribution in [0, 0.1) is 18.6 Å². The Balaban J connectivity index is 1.61. The number of anilines is 3. The van der Waals surface area contributed by atoms with Crippen LogP contribution in [0.1, 0.15) is 12.5 Å². The van der Waals surface area contributed by atoms with Crippen LogP contribution in [0.25, 0.3) is 11.1 Å². The first-order chi connectivity index (χ1) is 16.7. The van der Waals surface area contributed by atoms with Crippen molar-refractivity contribution in [3.63, 3.8) is 0 Å². The smallest absolute Gasteiger partial charge is 0.414 e. The molecule has 1 fully saturated rings. The Morgan fingerprint density at radius 3 is 2.40 bits per heavy atom. The standard InChI is InChI=1S/C26H23F2N3O3S/c1-15-6-8-17(9-7-15)18-4-3-5-24(32)23(10-18)30-25-21(27)11-19(12-22(25)28)31-14-20(34-26(31)33)13-29-16(2)35/h3-12,20H,13-14H2,1-2H3,(H,29,35)(H,30,32)/t20-/m0/s1. The topological polar surface area (TPSA) is 70.7 Å². The fourth-order valence-corrected chi connectivity index (χ4v) is 3.78. The Kier molecular flexibility index (Phi) is 7.07. The average molecular weight is 496 g/mol. The highest BCUT2D eigenvalue weighted by Crippen LogP contribution is 2.31. The van der Waals surface area contributed by atoms with Gasteiger partial charge in [-0.2, -0.15) is 0 Å². The van der Waals surface area contributed by atoms with Crippen molar-refractivity contribution in [2.75, 3.05) is 23.3 Å². The molecule has 0 radical (unpaired) electrons. The van der Waals surface area contributed by atoms with E-state index in [1.54, 1.807) is 25.1 Å². The van der Waals surface area contributed by atoms with Crippen LogP contribution in [0.4, 0.5) is 30.6 Å². The Bertz CT molecular complexity index is 1330. The van der Waals surface area contributed by atoms with Crippen molar-refractivity contribution in [2.45, 2.75) is 20.0 Å². The van der Waals surface area contributed by atoms with Crippen LogP contribution >= 0.6 is 12.2 Å². The summed E-state index contributed by atoms with van der Waals surface area (Å²) in [5, 5.41) is 5.51. The van der Waals surface area contributed by atoms with Crippen molar-refractivity contribution < 1.29 is 18.3 Å². The van der Waals surface area contributed by atoms with Gasteiger partial charge >= 0.3 is 6.09 Å². The molecule has 0 aromatic heterocycles. The number of nitrogens with zero attached hydrogens (tertiary/aromatic N) is 1. The first-order valence-electron chi connectivity index (χ1n) is 10.9. The van der Waals surface area contributed by atoms with Gasteiger partial charge < -0.3 is 15.4 Å². The lowest BCUT2D eigenvalue weighted by Crippen LogP contribution is -2.32. The maximum atomic E-state index is 15.0. The summed E-state index contributed by atoms with van der Waals surface area (Å²) in [5.74, 6) is -1.90. The number of hydrogen-bond acceptors (Lipinski definition) is 5. The summed E-state index contributed by atoms with van der Waals surface area (Å²) in [4.78, 5) is 26.5. The number of thiocarbonyl (C=S) groups is 1. The van der Waals surface area contributed by atoms with Gasteiger partial charge in [-0.15, -0.1) is 0 Å². The molecule has 1 aliphatic rings. The number of nitrogens with one attached hydrogen (secondary N) is 2. The zero-order valence-electron chi connectivity index (χ0n) is 19.1. The van der Waals surface area contributed by atoms with E-state index in [0.717, 1.165) is 28.2 Å². The van der Waals surface area contributed by atoms with Crippen molar-refractivity contribution in [3.8, 4) is 11.1 Å². The Labute approximate surface area is 206 Å².